The maximum absolute atomic E-state index is 11.4. The summed E-state index contributed by atoms with van der Waals surface area (Å²) in [4.78, 5) is 11.4. The van der Waals surface area contributed by atoms with Crippen molar-refractivity contribution in [2.24, 2.45) is 10.8 Å². The topological polar surface area (TPSA) is 91.3 Å². The second-order valence-corrected chi connectivity index (χ2v) is 3.14. The minimum Gasteiger partial charge on any atom is -0.385 e. The number of nitriles is 1. The van der Waals surface area contributed by atoms with Crippen LogP contribution in [0.15, 0.2) is 35.4 Å². The molecule has 0 saturated heterocycles. The Bertz CT molecular complexity index is 419. The molecule has 0 unspecified atom stereocenters. The van der Waals surface area contributed by atoms with E-state index in [1.807, 2.05) is 36.4 Å². The van der Waals surface area contributed by atoms with Gasteiger partial charge in [0.15, 0.2) is 0 Å². The lowest BCUT2D eigenvalue weighted by molar-refractivity contribution is -0.120. The zero-order chi connectivity index (χ0) is 11.8. The van der Waals surface area contributed by atoms with E-state index < -0.39 is 0 Å². The number of carbonyl (C=O) groups is 1. The number of hydrogen-bond donors (Lipinski definition) is 2. The molecule has 0 aliphatic rings. The third kappa shape index (κ3) is 4.24. The lowest BCUT2D eigenvalue weighted by atomic mass is 10.1. The van der Waals surface area contributed by atoms with Crippen molar-refractivity contribution in [3.8, 4) is 6.07 Å². The highest BCUT2D eigenvalue weighted by molar-refractivity contribution is 5.85. The van der Waals surface area contributed by atoms with Crippen molar-refractivity contribution in [3.63, 3.8) is 0 Å². The van der Waals surface area contributed by atoms with Crippen LogP contribution in [0.4, 0.5) is 0 Å². The number of carbonyl (C=O) groups excluding carboxylic acids is 1. The van der Waals surface area contributed by atoms with Gasteiger partial charge in [0.1, 0.15) is 5.84 Å². The summed E-state index contributed by atoms with van der Waals surface area (Å²) in [5, 5.41) is 11.9. The molecule has 1 rings (SSSR count). The predicted molar refractivity (Wildman–Crippen MR) is 60.1 cm³/mol. The van der Waals surface area contributed by atoms with Crippen molar-refractivity contribution < 1.29 is 4.79 Å². The normalized spacial score (nSPS) is 10.6. The lowest BCUT2D eigenvalue weighted by Crippen LogP contribution is -2.24. The fourth-order valence-electron chi connectivity index (χ4n) is 1.08. The molecule has 3 N–H and O–H groups in total. The van der Waals surface area contributed by atoms with E-state index in [0.717, 1.165) is 5.56 Å². The third-order valence-corrected chi connectivity index (χ3v) is 1.79. The van der Waals surface area contributed by atoms with E-state index in [4.69, 9.17) is 11.0 Å². The Balaban J connectivity index is 2.43. The summed E-state index contributed by atoms with van der Waals surface area (Å²) < 4.78 is 0. The van der Waals surface area contributed by atoms with Crippen LogP contribution < -0.4 is 11.2 Å². The molecule has 0 atom stereocenters. The van der Waals surface area contributed by atoms with E-state index in [1.54, 1.807) is 0 Å². The summed E-state index contributed by atoms with van der Waals surface area (Å²) in [5.41, 5.74) is 8.52. The van der Waals surface area contributed by atoms with Crippen LogP contribution in [0.5, 0.6) is 0 Å². The Morgan fingerprint density at radius 1 is 1.44 bits per heavy atom. The van der Waals surface area contributed by atoms with Crippen molar-refractivity contribution in [2.45, 2.75) is 12.8 Å². The van der Waals surface area contributed by atoms with Crippen molar-refractivity contribution in [1.82, 2.24) is 5.43 Å². The second kappa shape index (κ2) is 6.19. The van der Waals surface area contributed by atoms with E-state index in [9.17, 15) is 4.79 Å². The zero-order valence-corrected chi connectivity index (χ0v) is 8.68. The molecule has 0 fully saturated rings. The average Bonchev–Trinajstić information content (AvgIpc) is 2.28. The molecule has 0 heterocycles. The number of nitrogens with two attached hydrogens (primary N) is 1. The quantitative estimate of drug-likeness (QED) is 0.437. The van der Waals surface area contributed by atoms with Gasteiger partial charge in [-0.25, -0.2) is 5.43 Å². The molecule has 0 aromatic heterocycles. The maximum atomic E-state index is 11.4. The summed E-state index contributed by atoms with van der Waals surface area (Å²) in [6, 6.07) is 11.1. The zero-order valence-electron chi connectivity index (χ0n) is 8.68. The molecule has 1 amide bonds. The molecule has 0 aliphatic heterocycles. The molecule has 82 valence electrons. The Morgan fingerprint density at radius 3 is 2.75 bits per heavy atom. The first-order valence-electron chi connectivity index (χ1n) is 4.74. The van der Waals surface area contributed by atoms with Gasteiger partial charge in [-0.2, -0.15) is 10.4 Å². The summed E-state index contributed by atoms with van der Waals surface area (Å²) in [6.07, 6.45) is 0.246. The second-order valence-electron chi connectivity index (χ2n) is 3.14. The first kappa shape index (κ1) is 11.7. The highest BCUT2D eigenvalue weighted by atomic mass is 16.2. The van der Waals surface area contributed by atoms with Gasteiger partial charge in [-0.05, 0) is 5.56 Å². The van der Waals surface area contributed by atoms with Gasteiger partial charge in [0, 0.05) is 0 Å². The number of nitrogens with zero attached hydrogens (tertiary/aromatic N) is 2. The van der Waals surface area contributed by atoms with Gasteiger partial charge in [0.2, 0.25) is 5.91 Å². The fraction of sp³-hybridized carbons (Fsp3) is 0.182. The molecule has 0 aliphatic carbocycles. The number of amides is 1. The number of amidine groups is 1. The van der Waals surface area contributed by atoms with Crippen LogP contribution in [-0.4, -0.2) is 11.7 Å². The summed E-state index contributed by atoms with van der Waals surface area (Å²) in [7, 11) is 0. The Morgan fingerprint density at radius 2 is 2.12 bits per heavy atom. The molecule has 5 nitrogen and oxygen atoms in total. The number of benzene rings is 1. The van der Waals surface area contributed by atoms with Crippen molar-refractivity contribution in [1.29, 1.82) is 5.26 Å². The lowest BCUT2D eigenvalue weighted by Gasteiger charge is -2.00. The largest absolute Gasteiger partial charge is 0.385 e. The predicted octanol–water partition coefficient (Wildman–Crippen LogP) is 0.531. The molecule has 0 spiro atoms. The highest BCUT2D eigenvalue weighted by Crippen LogP contribution is 1.98. The van der Waals surface area contributed by atoms with E-state index in [2.05, 4.69) is 10.5 Å². The minimum atomic E-state index is -0.257. The Hall–Kier alpha value is -2.35. The molecule has 0 bridgehead atoms. The van der Waals surface area contributed by atoms with Crippen molar-refractivity contribution in [2.75, 3.05) is 0 Å². The van der Waals surface area contributed by atoms with Gasteiger partial charge in [-0.15, -0.1) is 0 Å². The van der Waals surface area contributed by atoms with E-state index in [-0.39, 0.29) is 24.6 Å². The first-order chi connectivity index (χ1) is 7.72. The van der Waals surface area contributed by atoms with Crippen LogP contribution in [0.1, 0.15) is 12.0 Å². The van der Waals surface area contributed by atoms with Crippen LogP contribution in [0.25, 0.3) is 0 Å². The van der Waals surface area contributed by atoms with Crippen molar-refractivity contribution in [3.05, 3.63) is 35.9 Å². The molecule has 0 radical (unpaired) electrons. The number of nitrogens with one attached hydrogen (secondary N) is 1. The van der Waals surface area contributed by atoms with Crippen LogP contribution in [0, 0.1) is 11.3 Å². The maximum Gasteiger partial charge on any atom is 0.244 e. The van der Waals surface area contributed by atoms with Crippen LogP contribution >= 0.6 is 0 Å². The molecule has 0 saturated carbocycles. The number of hydrogen-bond acceptors (Lipinski definition) is 3. The molecule has 5 heteroatoms. The highest BCUT2D eigenvalue weighted by Gasteiger charge is 2.01. The summed E-state index contributed by atoms with van der Waals surface area (Å²) in [5.74, 6) is -0.156. The monoisotopic (exact) mass is 216 g/mol. The Labute approximate surface area is 93.6 Å². The van der Waals surface area contributed by atoms with Crippen LogP contribution in [-0.2, 0) is 11.2 Å². The van der Waals surface area contributed by atoms with Gasteiger partial charge < -0.3 is 5.73 Å². The number of rotatable bonds is 4. The van der Waals surface area contributed by atoms with E-state index >= 15 is 0 Å². The Kier molecular flexibility index (Phi) is 4.54. The average molecular weight is 216 g/mol. The molecular formula is C11H12N4O. The van der Waals surface area contributed by atoms with Gasteiger partial charge in [0.25, 0.3) is 0 Å². The standard InChI is InChI=1S/C11H12N4O/c12-7-6-10(13)14-15-11(16)8-9-4-2-1-3-5-9/h1-5H,6,8H2,(H2,13,14)(H,15,16). The molecule has 1 aromatic rings. The van der Waals surface area contributed by atoms with Gasteiger partial charge in [-0.3, -0.25) is 4.79 Å². The molecule has 16 heavy (non-hydrogen) atoms. The van der Waals surface area contributed by atoms with E-state index in [0.29, 0.717) is 0 Å². The van der Waals surface area contributed by atoms with Gasteiger partial charge in [0.05, 0.1) is 18.9 Å². The molecule has 1 aromatic carbocycles. The van der Waals surface area contributed by atoms with Crippen LogP contribution in [0.2, 0.25) is 0 Å². The molecular weight excluding hydrogens is 204 g/mol. The third-order valence-electron chi connectivity index (χ3n) is 1.79. The summed E-state index contributed by atoms with van der Waals surface area (Å²) >= 11 is 0. The summed E-state index contributed by atoms with van der Waals surface area (Å²) in [6.45, 7) is 0. The van der Waals surface area contributed by atoms with Crippen molar-refractivity contribution >= 4 is 11.7 Å². The number of hydrazone groups is 1. The minimum absolute atomic E-state index is 0.00557. The SMILES string of the molecule is N#CC/C(N)=N\NC(=O)Cc1ccccc1. The van der Waals surface area contributed by atoms with E-state index in [1.165, 1.54) is 0 Å². The van der Waals surface area contributed by atoms with Gasteiger partial charge >= 0.3 is 0 Å². The fourth-order valence-corrected chi connectivity index (χ4v) is 1.08. The van der Waals surface area contributed by atoms with Crippen LogP contribution in [0.3, 0.4) is 0 Å². The smallest absolute Gasteiger partial charge is 0.244 e. The van der Waals surface area contributed by atoms with Gasteiger partial charge in [-0.1, -0.05) is 30.3 Å². The first-order valence-corrected chi connectivity index (χ1v) is 4.74.